The van der Waals surface area contributed by atoms with Crippen molar-refractivity contribution in [2.45, 2.75) is 23.9 Å². The van der Waals surface area contributed by atoms with Gasteiger partial charge in [0, 0.05) is 32.1 Å². The molecular formula is C20H20F3N5O5S2. The van der Waals surface area contributed by atoms with Crippen LogP contribution in [0.25, 0.3) is 33.6 Å². The SMILES string of the molecule is CCS(=O)(=O)c1cc2c(cc1-c1nc3cc(C(F)(F)F)cnc3n1C)n(CS(C)(=O)=O)c(=O)n2C. The molecule has 0 bridgehead atoms. The van der Waals surface area contributed by atoms with Gasteiger partial charge in [0.1, 0.15) is 17.2 Å². The Morgan fingerprint density at radius 1 is 1.00 bits per heavy atom. The van der Waals surface area contributed by atoms with E-state index in [2.05, 4.69) is 9.97 Å². The number of rotatable bonds is 5. The van der Waals surface area contributed by atoms with Crippen molar-refractivity contribution in [1.29, 1.82) is 0 Å². The molecule has 188 valence electrons. The zero-order chi connectivity index (χ0) is 26.1. The van der Waals surface area contributed by atoms with Crippen molar-refractivity contribution in [3.8, 4) is 11.4 Å². The minimum absolute atomic E-state index is 0.00117. The molecule has 3 aromatic heterocycles. The van der Waals surface area contributed by atoms with E-state index in [0.717, 1.165) is 21.5 Å². The molecule has 0 radical (unpaired) electrons. The van der Waals surface area contributed by atoms with E-state index < -0.39 is 43.0 Å². The molecule has 0 aliphatic rings. The van der Waals surface area contributed by atoms with Crippen LogP contribution in [0.5, 0.6) is 0 Å². The number of pyridine rings is 1. The molecule has 0 spiro atoms. The van der Waals surface area contributed by atoms with Gasteiger partial charge in [-0.1, -0.05) is 6.92 Å². The third kappa shape index (κ3) is 4.22. The summed E-state index contributed by atoms with van der Waals surface area (Å²) in [7, 11) is -4.72. The fraction of sp³-hybridized carbons (Fsp3) is 0.350. The molecular weight excluding hydrogens is 511 g/mol. The van der Waals surface area contributed by atoms with E-state index in [0.29, 0.717) is 6.20 Å². The lowest BCUT2D eigenvalue weighted by Gasteiger charge is -2.11. The second-order valence-corrected chi connectivity index (χ2v) is 12.5. The quantitative estimate of drug-likeness (QED) is 0.386. The van der Waals surface area contributed by atoms with Gasteiger partial charge in [-0.15, -0.1) is 0 Å². The zero-order valence-electron chi connectivity index (χ0n) is 19.0. The number of benzene rings is 1. The topological polar surface area (TPSA) is 126 Å². The van der Waals surface area contributed by atoms with Crippen molar-refractivity contribution < 1.29 is 30.0 Å². The Morgan fingerprint density at radius 2 is 1.66 bits per heavy atom. The minimum Gasteiger partial charge on any atom is -0.312 e. The van der Waals surface area contributed by atoms with E-state index in [9.17, 15) is 34.8 Å². The summed E-state index contributed by atoms with van der Waals surface area (Å²) in [5.41, 5.74) is -1.43. The van der Waals surface area contributed by atoms with Crippen molar-refractivity contribution in [1.82, 2.24) is 23.7 Å². The maximum atomic E-state index is 13.2. The highest BCUT2D eigenvalue weighted by Crippen LogP contribution is 2.35. The Morgan fingerprint density at radius 3 is 2.23 bits per heavy atom. The minimum atomic E-state index is -4.65. The lowest BCUT2D eigenvalue weighted by atomic mass is 10.2. The van der Waals surface area contributed by atoms with Gasteiger partial charge in [-0.3, -0.25) is 9.13 Å². The summed E-state index contributed by atoms with van der Waals surface area (Å²) in [6, 6.07) is 3.37. The third-order valence-corrected chi connectivity index (χ3v) is 8.10. The van der Waals surface area contributed by atoms with Gasteiger partial charge in [0.25, 0.3) is 0 Å². The summed E-state index contributed by atoms with van der Waals surface area (Å²) in [6.45, 7) is 1.42. The van der Waals surface area contributed by atoms with Crippen LogP contribution in [0.4, 0.5) is 13.2 Å². The fourth-order valence-corrected chi connectivity index (χ4v) is 5.65. The molecule has 0 N–H and O–H groups in total. The number of nitrogens with zero attached hydrogens (tertiary/aromatic N) is 5. The summed E-state index contributed by atoms with van der Waals surface area (Å²) in [5, 5.41) is 0. The Balaban J connectivity index is 2.12. The highest BCUT2D eigenvalue weighted by atomic mass is 32.2. The molecule has 0 amide bonds. The number of hydrogen-bond donors (Lipinski definition) is 0. The first-order valence-corrected chi connectivity index (χ1v) is 13.8. The van der Waals surface area contributed by atoms with E-state index in [-0.39, 0.29) is 44.2 Å². The molecule has 10 nitrogen and oxygen atoms in total. The van der Waals surface area contributed by atoms with Gasteiger partial charge in [0.15, 0.2) is 25.3 Å². The van der Waals surface area contributed by atoms with Crippen LogP contribution < -0.4 is 5.69 Å². The summed E-state index contributed by atoms with van der Waals surface area (Å²) in [5.74, 6) is -0.964. The van der Waals surface area contributed by atoms with Crippen LogP contribution in [0.3, 0.4) is 0 Å². The average molecular weight is 532 g/mol. The highest BCUT2D eigenvalue weighted by molar-refractivity contribution is 7.91. The molecule has 4 rings (SSSR count). The summed E-state index contributed by atoms with van der Waals surface area (Å²) in [4.78, 5) is 20.6. The molecule has 3 heterocycles. The van der Waals surface area contributed by atoms with E-state index in [1.54, 1.807) is 0 Å². The number of fused-ring (bicyclic) bond motifs is 2. The molecule has 0 unspecified atom stereocenters. The monoisotopic (exact) mass is 531 g/mol. The standard InChI is InChI=1S/C20H20F3N5O5S2/c1-5-35(32,33)16-8-14-15(28(10-34(4,30)31)19(29)26(14)2)7-12(16)17-25-13-6-11(20(21,22)23)9-24-18(13)27(17)3/h6-9H,5,10H2,1-4H3. The molecule has 0 atom stereocenters. The van der Waals surface area contributed by atoms with Crippen LogP contribution in [0, 0.1) is 0 Å². The molecule has 0 saturated carbocycles. The van der Waals surface area contributed by atoms with Crippen molar-refractivity contribution in [3.63, 3.8) is 0 Å². The number of imidazole rings is 2. The molecule has 35 heavy (non-hydrogen) atoms. The average Bonchev–Trinajstić information content (AvgIpc) is 3.20. The Labute approximate surface area is 197 Å². The molecule has 0 saturated heterocycles. The fourth-order valence-electron chi connectivity index (χ4n) is 3.85. The van der Waals surface area contributed by atoms with Crippen molar-refractivity contribution >= 4 is 41.9 Å². The zero-order valence-corrected chi connectivity index (χ0v) is 20.6. The number of hydrogen-bond acceptors (Lipinski definition) is 7. The van der Waals surface area contributed by atoms with Gasteiger partial charge in [0.05, 0.1) is 27.2 Å². The van der Waals surface area contributed by atoms with E-state index in [1.165, 1.54) is 37.7 Å². The lowest BCUT2D eigenvalue weighted by molar-refractivity contribution is -0.137. The van der Waals surface area contributed by atoms with Crippen LogP contribution in [0.2, 0.25) is 0 Å². The smallest absolute Gasteiger partial charge is 0.312 e. The maximum absolute atomic E-state index is 13.2. The first kappa shape index (κ1) is 24.9. The van der Waals surface area contributed by atoms with Gasteiger partial charge in [-0.25, -0.2) is 31.6 Å². The van der Waals surface area contributed by atoms with Crippen LogP contribution >= 0.6 is 0 Å². The lowest BCUT2D eigenvalue weighted by Crippen LogP contribution is -2.25. The summed E-state index contributed by atoms with van der Waals surface area (Å²) in [6.07, 6.45) is -3.05. The van der Waals surface area contributed by atoms with Gasteiger partial charge in [0.2, 0.25) is 0 Å². The molecule has 4 aromatic rings. The number of halogens is 3. The predicted molar refractivity (Wildman–Crippen MR) is 122 cm³/mol. The molecule has 1 aromatic carbocycles. The first-order chi connectivity index (χ1) is 16.0. The second kappa shape index (κ2) is 7.91. The van der Waals surface area contributed by atoms with Crippen LogP contribution in [-0.4, -0.2) is 52.5 Å². The van der Waals surface area contributed by atoms with Crippen LogP contribution in [-0.2, 0) is 45.8 Å². The number of sulfone groups is 2. The van der Waals surface area contributed by atoms with Gasteiger partial charge in [-0.05, 0) is 18.2 Å². The molecule has 0 aliphatic carbocycles. The number of aromatic nitrogens is 5. The number of aryl methyl sites for hydroxylation is 2. The Bertz CT molecular complexity index is 1780. The van der Waals surface area contributed by atoms with Crippen molar-refractivity contribution in [2.75, 3.05) is 12.0 Å². The van der Waals surface area contributed by atoms with Crippen molar-refractivity contribution in [2.24, 2.45) is 14.1 Å². The number of alkyl halides is 3. The largest absolute Gasteiger partial charge is 0.417 e. The predicted octanol–water partition coefficient (Wildman–Crippen LogP) is 2.10. The van der Waals surface area contributed by atoms with E-state index >= 15 is 0 Å². The van der Waals surface area contributed by atoms with Crippen molar-refractivity contribution in [3.05, 3.63) is 40.4 Å². The van der Waals surface area contributed by atoms with E-state index in [4.69, 9.17) is 0 Å². The Hall–Kier alpha value is -3.20. The highest BCUT2D eigenvalue weighted by Gasteiger charge is 2.32. The molecule has 15 heteroatoms. The van der Waals surface area contributed by atoms with Crippen LogP contribution in [0.15, 0.2) is 34.1 Å². The second-order valence-electron chi connectivity index (χ2n) is 8.12. The van der Waals surface area contributed by atoms with Gasteiger partial charge >= 0.3 is 11.9 Å². The Kier molecular flexibility index (Phi) is 5.63. The van der Waals surface area contributed by atoms with E-state index in [1.807, 2.05) is 0 Å². The third-order valence-electron chi connectivity index (χ3n) is 5.60. The summed E-state index contributed by atoms with van der Waals surface area (Å²) >= 11 is 0. The van der Waals surface area contributed by atoms with Gasteiger partial charge < -0.3 is 4.57 Å². The molecule has 0 aliphatic heterocycles. The summed E-state index contributed by atoms with van der Waals surface area (Å²) < 4.78 is 92.8. The van der Waals surface area contributed by atoms with Gasteiger partial charge in [-0.2, -0.15) is 13.2 Å². The normalized spacial score (nSPS) is 13.2. The first-order valence-electron chi connectivity index (χ1n) is 10.1. The maximum Gasteiger partial charge on any atom is 0.417 e. The molecule has 0 fully saturated rings. The van der Waals surface area contributed by atoms with Crippen LogP contribution in [0.1, 0.15) is 12.5 Å².